The Kier molecular flexibility index (Phi) is 7.00. The molecule has 2 saturated heterocycles. The fraction of sp³-hybridized carbons (Fsp3) is 0.360. The molecule has 2 aromatic carbocycles. The van der Waals surface area contributed by atoms with Crippen molar-refractivity contribution in [3.63, 3.8) is 0 Å². The predicted octanol–water partition coefficient (Wildman–Crippen LogP) is 3.97. The number of carbonyl (C=O) groups excluding carboxylic acids is 2. The summed E-state index contributed by atoms with van der Waals surface area (Å²) in [7, 11) is 4.46. The number of Topliss-reactive ketones (excluding diaryl/α,β-unsaturated/α-hetero) is 1. The third kappa shape index (κ3) is 4.31. The molecular formula is C25H26ClNO7. The van der Waals surface area contributed by atoms with Gasteiger partial charge >= 0.3 is 0 Å². The van der Waals surface area contributed by atoms with Gasteiger partial charge in [-0.25, -0.2) is 0 Å². The first-order chi connectivity index (χ1) is 16.4. The van der Waals surface area contributed by atoms with Gasteiger partial charge in [-0.15, -0.1) is 0 Å². The summed E-state index contributed by atoms with van der Waals surface area (Å²) in [6.07, 6.45) is 1.47. The lowest BCUT2D eigenvalue weighted by Gasteiger charge is -2.28. The van der Waals surface area contributed by atoms with Crippen LogP contribution in [0.15, 0.2) is 42.0 Å². The lowest BCUT2D eigenvalue weighted by Crippen LogP contribution is -2.36. The van der Waals surface area contributed by atoms with Gasteiger partial charge in [-0.2, -0.15) is 0 Å². The standard InChI is InChI=1S/C25H26ClNO7/c1-31-18-11-15(12-19(32-2)24(18)33-3)21-20(22(28)14-6-8-16(26)9-7-14)23(29)25(30)27(21)13-17-5-4-10-34-17/h6-9,11-12,17,21,28H,4-5,10,13H2,1-3H3. The minimum atomic E-state index is -0.881. The van der Waals surface area contributed by atoms with Crippen molar-refractivity contribution < 1.29 is 33.6 Å². The average molecular weight is 488 g/mol. The van der Waals surface area contributed by atoms with Crippen LogP contribution in [0.1, 0.15) is 30.0 Å². The fourth-order valence-electron chi connectivity index (χ4n) is 4.45. The molecule has 34 heavy (non-hydrogen) atoms. The number of likely N-dealkylation sites (tertiary alicyclic amines) is 1. The summed E-state index contributed by atoms with van der Waals surface area (Å²) in [5.74, 6) is -0.655. The first-order valence-corrected chi connectivity index (χ1v) is 11.2. The normalized spacial score (nSPS) is 21.7. The maximum absolute atomic E-state index is 13.2. The third-order valence-corrected chi connectivity index (χ3v) is 6.34. The van der Waals surface area contributed by atoms with Crippen LogP contribution in [0.4, 0.5) is 0 Å². The van der Waals surface area contributed by atoms with Gasteiger partial charge in [-0.1, -0.05) is 11.6 Å². The van der Waals surface area contributed by atoms with Crippen LogP contribution in [0.2, 0.25) is 5.02 Å². The van der Waals surface area contributed by atoms with Gasteiger partial charge in [0.05, 0.1) is 39.0 Å². The fourth-order valence-corrected chi connectivity index (χ4v) is 4.57. The number of halogens is 1. The number of nitrogens with zero attached hydrogens (tertiary/aromatic N) is 1. The molecule has 1 amide bonds. The largest absolute Gasteiger partial charge is 0.507 e. The summed E-state index contributed by atoms with van der Waals surface area (Å²) in [4.78, 5) is 27.8. The number of hydrogen-bond donors (Lipinski definition) is 1. The van der Waals surface area contributed by atoms with Crippen LogP contribution < -0.4 is 14.2 Å². The van der Waals surface area contributed by atoms with Gasteiger partial charge in [0.2, 0.25) is 5.75 Å². The zero-order valence-electron chi connectivity index (χ0n) is 19.2. The number of carbonyl (C=O) groups is 2. The van der Waals surface area contributed by atoms with E-state index in [2.05, 4.69) is 0 Å². The number of ether oxygens (including phenoxy) is 4. The molecule has 0 bridgehead atoms. The van der Waals surface area contributed by atoms with Crippen LogP contribution in [0.3, 0.4) is 0 Å². The van der Waals surface area contributed by atoms with E-state index in [1.165, 1.54) is 26.2 Å². The van der Waals surface area contributed by atoms with E-state index in [1.54, 1.807) is 36.4 Å². The van der Waals surface area contributed by atoms with Crippen LogP contribution in [0.5, 0.6) is 17.2 Å². The minimum absolute atomic E-state index is 0.0282. The molecule has 2 unspecified atom stereocenters. The highest BCUT2D eigenvalue weighted by Crippen LogP contribution is 2.46. The van der Waals surface area contributed by atoms with Gasteiger partial charge in [0.25, 0.3) is 11.7 Å². The first kappa shape index (κ1) is 23.9. The lowest BCUT2D eigenvalue weighted by molar-refractivity contribution is -0.140. The highest BCUT2D eigenvalue weighted by Gasteiger charge is 2.47. The van der Waals surface area contributed by atoms with Crippen LogP contribution in [0.25, 0.3) is 5.76 Å². The number of methoxy groups -OCH3 is 3. The topological polar surface area (TPSA) is 94.5 Å². The highest BCUT2D eigenvalue weighted by molar-refractivity contribution is 6.46. The number of rotatable bonds is 7. The average Bonchev–Trinajstić information content (AvgIpc) is 3.45. The van der Waals surface area contributed by atoms with Crippen molar-refractivity contribution in [1.29, 1.82) is 0 Å². The van der Waals surface area contributed by atoms with E-state index in [9.17, 15) is 14.7 Å². The van der Waals surface area contributed by atoms with E-state index in [4.69, 9.17) is 30.5 Å². The first-order valence-electron chi connectivity index (χ1n) is 10.9. The molecule has 8 nitrogen and oxygen atoms in total. The molecular weight excluding hydrogens is 462 g/mol. The van der Waals surface area contributed by atoms with Gasteiger partial charge in [0.1, 0.15) is 5.76 Å². The maximum atomic E-state index is 13.2. The summed E-state index contributed by atoms with van der Waals surface area (Å²) in [6, 6.07) is 8.87. The number of amides is 1. The van der Waals surface area contributed by atoms with E-state index < -0.39 is 17.7 Å². The molecule has 9 heteroatoms. The Morgan fingerprint density at radius 2 is 1.74 bits per heavy atom. The van der Waals surface area contributed by atoms with Gasteiger partial charge < -0.3 is 29.0 Å². The van der Waals surface area contributed by atoms with Crippen LogP contribution in [0, 0.1) is 0 Å². The predicted molar refractivity (Wildman–Crippen MR) is 126 cm³/mol. The number of aliphatic hydroxyl groups excluding tert-OH is 1. The van der Waals surface area contributed by atoms with Crippen molar-refractivity contribution >= 4 is 29.1 Å². The minimum Gasteiger partial charge on any atom is -0.507 e. The Balaban J connectivity index is 1.90. The van der Waals surface area contributed by atoms with Gasteiger partial charge in [-0.05, 0) is 54.8 Å². The Hall–Kier alpha value is -3.23. The Morgan fingerprint density at radius 1 is 1.09 bits per heavy atom. The van der Waals surface area contributed by atoms with Crippen molar-refractivity contribution in [3.05, 3.63) is 58.1 Å². The summed E-state index contributed by atoms with van der Waals surface area (Å²) in [6.45, 7) is 0.817. The SMILES string of the molecule is COc1cc(C2C(=C(O)c3ccc(Cl)cc3)C(=O)C(=O)N2CC2CCCO2)cc(OC)c1OC. The van der Waals surface area contributed by atoms with E-state index in [-0.39, 0.29) is 24.0 Å². The van der Waals surface area contributed by atoms with E-state index in [0.717, 1.165) is 12.8 Å². The third-order valence-electron chi connectivity index (χ3n) is 6.08. The molecule has 2 heterocycles. The molecule has 0 aliphatic carbocycles. The van der Waals surface area contributed by atoms with Gasteiger partial charge in [-0.3, -0.25) is 9.59 Å². The molecule has 2 aliphatic heterocycles. The van der Waals surface area contributed by atoms with Crippen molar-refractivity contribution in [2.24, 2.45) is 0 Å². The van der Waals surface area contributed by atoms with Crippen molar-refractivity contribution in [2.75, 3.05) is 34.5 Å². The zero-order chi connectivity index (χ0) is 24.4. The van der Waals surface area contributed by atoms with Crippen LogP contribution in [-0.2, 0) is 14.3 Å². The van der Waals surface area contributed by atoms with E-state index >= 15 is 0 Å². The van der Waals surface area contributed by atoms with E-state index in [1.807, 2.05) is 0 Å². The lowest BCUT2D eigenvalue weighted by atomic mass is 9.94. The van der Waals surface area contributed by atoms with Crippen LogP contribution in [-0.4, -0.2) is 62.3 Å². The highest BCUT2D eigenvalue weighted by atomic mass is 35.5. The van der Waals surface area contributed by atoms with Crippen molar-refractivity contribution in [1.82, 2.24) is 4.90 Å². The smallest absolute Gasteiger partial charge is 0.295 e. The van der Waals surface area contributed by atoms with Gasteiger partial charge in [0, 0.05) is 23.7 Å². The number of hydrogen-bond acceptors (Lipinski definition) is 7. The second-order valence-electron chi connectivity index (χ2n) is 8.05. The number of ketones is 1. The summed E-state index contributed by atoms with van der Waals surface area (Å²) < 4.78 is 22.1. The summed E-state index contributed by atoms with van der Waals surface area (Å²) in [5.41, 5.74) is 0.874. The summed E-state index contributed by atoms with van der Waals surface area (Å²) >= 11 is 5.99. The second-order valence-corrected chi connectivity index (χ2v) is 8.49. The molecule has 0 spiro atoms. The van der Waals surface area contributed by atoms with E-state index in [0.29, 0.717) is 40.0 Å². The number of aliphatic hydroxyl groups is 1. The monoisotopic (exact) mass is 487 g/mol. The molecule has 2 aliphatic rings. The van der Waals surface area contributed by atoms with Crippen molar-refractivity contribution in [2.45, 2.75) is 25.0 Å². The van der Waals surface area contributed by atoms with Crippen molar-refractivity contribution in [3.8, 4) is 17.2 Å². The molecule has 1 N–H and O–H groups in total. The Labute approximate surface area is 202 Å². The molecule has 0 saturated carbocycles. The maximum Gasteiger partial charge on any atom is 0.295 e. The molecule has 0 radical (unpaired) electrons. The number of benzene rings is 2. The molecule has 2 aromatic rings. The molecule has 2 atom stereocenters. The molecule has 180 valence electrons. The zero-order valence-corrected chi connectivity index (χ0v) is 19.9. The summed E-state index contributed by atoms with van der Waals surface area (Å²) in [5, 5.41) is 11.7. The molecule has 4 rings (SSSR count). The molecule has 0 aromatic heterocycles. The van der Waals surface area contributed by atoms with Gasteiger partial charge in [0.15, 0.2) is 11.5 Å². The Morgan fingerprint density at radius 3 is 2.26 bits per heavy atom. The van der Waals surface area contributed by atoms with Crippen LogP contribution >= 0.6 is 11.6 Å². The molecule has 2 fully saturated rings. The second kappa shape index (κ2) is 9.95. The quantitative estimate of drug-likeness (QED) is 0.359. The Bertz CT molecular complexity index is 1100.